The molecule has 5 nitrogen and oxygen atoms in total. The fourth-order valence-electron chi connectivity index (χ4n) is 3.25. The van der Waals surface area contributed by atoms with Gasteiger partial charge in [0.05, 0.1) is 16.5 Å². The maximum absolute atomic E-state index is 12.8. The lowest BCUT2D eigenvalue weighted by Crippen LogP contribution is -2.28. The Morgan fingerprint density at radius 1 is 1.36 bits per heavy atom. The van der Waals surface area contributed by atoms with Gasteiger partial charge >= 0.3 is 5.97 Å². The van der Waals surface area contributed by atoms with Crippen LogP contribution < -0.4 is 5.56 Å². The molecule has 5 heteroatoms. The van der Waals surface area contributed by atoms with Crippen LogP contribution in [0.25, 0.3) is 10.9 Å². The highest BCUT2D eigenvalue weighted by Crippen LogP contribution is 2.27. The summed E-state index contributed by atoms with van der Waals surface area (Å²) in [5.74, 6) is 0.0932. The summed E-state index contributed by atoms with van der Waals surface area (Å²) in [5, 5.41) is 9.63. The minimum absolute atomic E-state index is 0.0442. The van der Waals surface area contributed by atoms with Crippen molar-refractivity contribution < 1.29 is 9.90 Å². The molecule has 1 unspecified atom stereocenters. The van der Waals surface area contributed by atoms with Crippen LogP contribution in [-0.2, 0) is 6.54 Å². The molecular formula is C17H20N2O3. The van der Waals surface area contributed by atoms with Crippen molar-refractivity contribution in [2.75, 3.05) is 0 Å². The predicted molar refractivity (Wildman–Crippen MR) is 84.5 cm³/mol. The Hall–Kier alpha value is -2.17. The van der Waals surface area contributed by atoms with Crippen molar-refractivity contribution in [2.24, 2.45) is 0 Å². The van der Waals surface area contributed by atoms with Crippen molar-refractivity contribution in [2.45, 2.75) is 51.5 Å². The third-order valence-electron chi connectivity index (χ3n) is 4.52. The Balaban J connectivity index is 2.26. The molecule has 2 heterocycles. The van der Waals surface area contributed by atoms with Gasteiger partial charge in [-0.2, -0.15) is 0 Å². The van der Waals surface area contributed by atoms with Gasteiger partial charge in [-0.3, -0.25) is 9.36 Å². The monoisotopic (exact) mass is 300 g/mol. The van der Waals surface area contributed by atoms with Gasteiger partial charge in [0.1, 0.15) is 5.82 Å². The number of aromatic carboxylic acids is 1. The van der Waals surface area contributed by atoms with E-state index < -0.39 is 5.97 Å². The van der Waals surface area contributed by atoms with E-state index in [1.54, 1.807) is 10.6 Å². The molecule has 1 atom stereocenters. The third kappa shape index (κ3) is 2.51. The van der Waals surface area contributed by atoms with Crippen molar-refractivity contribution in [3.05, 3.63) is 39.9 Å². The minimum atomic E-state index is -0.998. The van der Waals surface area contributed by atoms with Gasteiger partial charge in [0.15, 0.2) is 0 Å². The number of hydrogen-bond donors (Lipinski definition) is 1. The molecule has 0 aliphatic carbocycles. The van der Waals surface area contributed by atoms with E-state index >= 15 is 0 Å². The lowest BCUT2D eigenvalue weighted by molar-refractivity contribution is 0.0697. The first-order valence-corrected chi connectivity index (χ1v) is 7.89. The molecule has 0 spiro atoms. The van der Waals surface area contributed by atoms with Crippen LogP contribution in [0.5, 0.6) is 0 Å². The molecule has 1 aromatic carbocycles. The Kier molecular flexibility index (Phi) is 3.96. The lowest BCUT2D eigenvalue weighted by Gasteiger charge is -2.23. The number of aromatic nitrogens is 2. The van der Waals surface area contributed by atoms with Gasteiger partial charge in [-0.15, -0.1) is 0 Å². The van der Waals surface area contributed by atoms with Crippen LogP contribution in [0, 0.1) is 0 Å². The zero-order valence-electron chi connectivity index (χ0n) is 12.7. The standard InChI is InChI=1S/C17H20N2O3/c1-2-11-6-4-3-5-9-19-15(11)18-14-10-12(17(21)22)7-8-13(14)16(19)20/h7-8,10-11H,2-6,9H2,1H3,(H,21,22). The summed E-state index contributed by atoms with van der Waals surface area (Å²) in [6.07, 6.45) is 5.26. The second kappa shape index (κ2) is 5.91. The van der Waals surface area contributed by atoms with Gasteiger partial charge in [-0.05, 0) is 37.5 Å². The fraction of sp³-hybridized carbons (Fsp3) is 0.471. The van der Waals surface area contributed by atoms with Gasteiger partial charge < -0.3 is 5.11 Å². The molecule has 1 N–H and O–H groups in total. The molecule has 0 amide bonds. The van der Waals surface area contributed by atoms with Gasteiger partial charge in [0.25, 0.3) is 5.56 Å². The summed E-state index contributed by atoms with van der Waals surface area (Å²) in [6, 6.07) is 4.56. The highest BCUT2D eigenvalue weighted by molar-refractivity contribution is 5.92. The van der Waals surface area contributed by atoms with Crippen LogP contribution in [0.3, 0.4) is 0 Å². The van der Waals surface area contributed by atoms with Crippen molar-refractivity contribution in [3.8, 4) is 0 Å². The highest BCUT2D eigenvalue weighted by atomic mass is 16.4. The average Bonchev–Trinajstić information content (AvgIpc) is 2.49. The quantitative estimate of drug-likeness (QED) is 0.924. The van der Waals surface area contributed by atoms with Gasteiger partial charge in [-0.1, -0.05) is 19.8 Å². The number of fused-ring (bicyclic) bond motifs is 2. The molecule has 0 fully saturated rings. The Morgan fingerprint density at radius 3 is 2.91 bits per heavy atom. The molecule has 3 rings (SSSR count). The summed E-state index contributed by atoms with van der Waals surface area (Å²) in [4.78, 5) is 28.6. The molecule has 22 heavy (non-hydrogen) atoms. The van der Waals surface area contributed by atoms with E-state index in [0.29, 0.717) is 17.4 Å². The molecule has 0 saturated carbocycles. The second-order valence-electron chi connectivity index (χ2n) is 5.92. The van der Waals surface area contributed by atoms with Crippen LogP contribution in [-0.4, -0.2) is 20.6 Å². The lowest BCUT2D eigenvalue weighted by atomic mass is 9.95. The largest absolute Gasteiger partial charge is 0.478 e. The van der Waals surface area contributed by atoms with E-state index in [-0.39, 0.29) is 17.0 Å². The molecule has 116 valence electrons. The van der Waals surface area contributed by atoms with Gasteiger partial charge in [0.2, 0.25) is 0 Å². The topological polar surface area (TPSA) is 72.2 Å². The first-order chi connectivity index (χ1) is 10.6. The minimum Gasteiger partial charge on any atom is -0.478 e. The summed E-state index contributed by atoms with van der Waals surface area (Å²) < 4.78 is 1.80. The van der Waals surface area contributed by atoms with Crippen LogP contribution >= 0.6 is 0 Å². The maximum Gasteiger partial charge on any atom is 0.335 e. The fourth-order valence-corrected chi connectivity index (χ4v) is 3.25. The van der Waals surface area contributed by atoms with Crippen molar-refractivity contribution >= 4 is 16.9 Å². The molecule has 0 saturated heterocycles. The normalized spacial score (nSPS) is 18.5. The van der Waals surface area contributed by atoms with E-state index in [4.69, 9.17) is 5.11 Å². The number of carboxylic acid groups (broad SMARTS) is 1. The average molecular weight is 300 g/mol. The zero-order valence-corrected chi connectivity index (χ0v) is 12.7. The smallest absolute Gasteiger partial charge is 0.335 e. The maximum atomic E-state index is 12.8. The molecular weight excluding hydrogens is 280 g/mol. The SMILES string of the molecule is CCC1CCCCCn2c1nc1cc(C(=O)O)ccc1c2=O. The Bertz CT molecular complexity index is 779. The van der Waals surface area contributed by atoms with E-state index in [0.717, 1.165) is 37.9 Å². The van der Waals surface area contributed by atoms with Gasteiger partial charge in [-0.25, -0.2) is 9.78 Å². The van der Waals surface area contributed by atoms with Crippen LogP contribution in [0.1, 0.15) is 61.1 Å². The van der Waals surface area contributed by atoms with Crippen LogP contribution in [0.2, 0.25) is 0 Å². The number of nitrogens with zero attached hydrogens (tertiary/aromatic N) is 2. The number of carbonyl (C=O) groups is 1. The Morgan fingerprint density at radius 2 is 2.18 bits per heavy atom. The van der Waals surface area contributed by atoms with E-state index in [2.05, 4.69) is 11.9 Å². The summed E-state index contributed by atoms with van der Waals surface area (Å²) in [6.45, 7) is 2.81. The molecule has 0 bridgehead atoms. The molecule has 1 aromatic heterocycles. The van der Waals surface area contributed by atoms with Crippen molar-refractivity contribution in [1.82, 2.24) is 9.55 Å². The number of benzene rings is 1. The van der Waals surface area contributed by atoms with Crippen LogP contribution in [0.15, 0.2) is 23.0 Å². The Labute approximate surface area is 128 Å². The molecule has 1 aliphatic heterocycles. The second-order valence-corrected chi connectivity index (χ2v) is 5.92. The first-order valence-electron chi connectivity index (χ1n) is 7.89. The van der Waals surface area contributed by atoms with Crippen molar-refractivity contribution in [3.63, 3.8) is 0 Å². The zero-order chi connectivity index (χ0) is 15.7. The summed E-state index contributed by atoms with van der Waals surface area (Å²) >= 11 is 0. The predicted octanol–water partition coefficient (Wildman–Crippen LogP) is 3.16. The molecule has 1 aliphatic rings. The highest BCUT2D eigenvalue weighted by Gasteiger charge is 2.20. The summed E-state index contributed by atoms with van der Waals surface area (Å²) in [5.41, 5.74) is 0.621. The van der Waals surface area contributed by atoms with E-state index in [1.807, 2.05) is 0 Å². The first kappa shape index (κ1) is 14.8. The van der Waals surface area contributed by atoms with E-state index in [1.165, 1.54) is 12.1 Å². The number of rotatable bonds is 2. The molecule has 0 radical (unpaired) electrons. The van der Waals surface area contributed by atoms with E-state index in [9.17, 15) is 9.59 Å². The molecule has 2 aromatic rings. The third-order valence-corrected chi connectivity index (χ3v) is 4.52. The summed E-state index contributed by atoms with van der Waals surface area (Å²) in [7, 11) is 0. The van der Waals surface area contributed by atoms with Crippen molar-refractivity contribution in [1.29, 1.82) is 0 Å². The number of carboxylic acids is 1. The number of hydrogen-bond acceptors (Lipinski definition) is 3. The van der Waals surface area contributed by atoms with Crippen LogP contribution in [0.4, 0.5) is 0 Å². The van der Waals surface area contributed by atoms with Gasteiger partial charge in [0, 0.05) is 12.5 Å².